The second-order valence-corrected chi connectivity index (χ2v) is 6.12. The number of amides is 2. The Kier molecular flexibility index (Phi) is 8.51. The van der Waals surface area contributed by atoms with Gasteiger partial charge in [-0.05, 0) is 49.4 Å². The molecule has 0 bridgehead atoms. The van der Waals surface area contributed by atoms with Crippen molar-refractivity contribution >= 4 is 17.5 Å². The van der Waals surface area contributed by atoms with Crippen LogP contribution in [0.3, 0.4) is 0 Å². The number of nitriles is 1. The lowest BCUT2D eigenvalue weighted by Gasteiger charge is -2.23. The number of methoxy groups -OCH3 is 1. The molecule has 2 amide bonds. The van der Waals surface area contributed by atoms with Crippen molar-refractivity contribution in [3.63, 3.8) is 0 Å². The molecule has 0 aliphatic rings. The van der Waals surface area contributed by atoms with Crippen LogP contribution in [0.1, 0.15) is 23.7 Å². The van der Waals surface area contributed by atoms with Crippen LogP contribution in [0.5, 0.6) is 17.2 Å². The summed E-state index contributed by atoms with van der Waals surface area (Å²) >= 11 is 0. The zero-order chi connectivity index (χ0) is 21.9. The second kappa shape index (κ2) is 11.3. The van der Waals surface area contributed by atoms with Crippen molar-refractivity contribution in [2.45, 2.75) is 13.3 Å². The lowest BCUT2D eigenvalue weighted by Crippen LogP contribution is -2.31. The fourth-order valence-corrected chi connectivity index (χ4v) is 2.69. The highest BCUT2D eigenvalue weighted by molar-refractivity contribution is 6.06. The quantitative estimate of drug-likeness (QED) is 0.645. The maximum Gasteiger partial charge on any atom is 0.258 e. The van der Waals surface area contributed by atoms with Gasteiger partial charge < -0.3 is 24.4 Å². The van der Waals surface area contributed by atoms with Crippen LogP contribution in [0, 0.1) is 11.3 Å². The summed E-state index contributed by atoms with van der Waals surface area (Å²) in [6, 6.07) is 13.9. The van der Waals surface area contributed by atoms with Crippen LogP contribution in [-0.4, -0.2) is 45.7 Å². The molecule has 0 fully saturated rings. The van der Waals surface area contributed by atoms with Crippen LogP contribution in [0.15, 0.2) is 42.5 Å². The summed E-state index contributed by atoms with van der Waals surface area (Å²) in [7, 11) is 2.97. The number of nitrogens with one attached hydrogen (secondary N) is 1. The first-order valence-corrected chi connectivity index (χ1v) is 9.47. The molecule has 2 rings (SSSR count). The van der Waals surface area contributed by atoms with E-state index in [9.17, 15) is 9.59 Å². The molecule has 8 nitrogen and oxygen atoms in total. The minimum absolute atomic E-state index is 0.166. The van der Waals surface area contributed by atoms with Crippen LogP contribution in [0.2, 0.25) is 0 Å². The maximum atomic E-state index is 13.2. The van der Waals surface area contributed by atoms with Crippen molar-refractivity contribution in [3.8, 4) is 23.3 Å². The molecule has 0 radical (unpaired) electrons. The smallest absolute Gasteiger partial charge is 0.258 e. The number of benzene rings is 2. The third kappa shape index (κ3) is 5.88. The van der Waals surface area contributed by atoms with Gasteiger partial charge in [0.25, 0.3) is 11.8 Å². The standard InChI is InChI=1S/C22H25N3O5/c1-4-29-18-9-7-17(8-10-18)25(13-5-12-23)22(27)16-6-11-19(20(14-16)28-3)30-15-21(26)24-2/h6-11,14H,4-5,13,15H2,1-3H3,(H,24,26). The Balaban J connectivity index is 2.28. The first kappa shape index (κ1) is 22.6. The summed E-state index contributed by atoms with van der Waals surface area (Å²) in [4.78, 5) is 26.1. The van der Waals surface area contributed by atoms with Crippen molar-refractivity contribution in [3.05, 3.63) is 48.0 Å². The van der Waals surface area contributed by atoms with Crippen LogP contribution in [0.4, 0.5) is 5.69 Å². The lowest BCUT2D eigenvalue weighted by atomic mass is 10.1. The highest BCUT2D eigenvalue weighted by Gasteiger charge is 2.20. The van der Waals surface area contributed by atoms with Gasteiger partial charge in [0.1, 0.15) is 5.75 Å². The number of likely N-dealkylation sites (N-methyl/N-ethyl adjacent to an activating group) is 1. The van der Waals surface area contributed by atoms with Gasteiger partial charge >= 0.3 is 0 Å². The fourth-order valence-electron chi connectivity index (χ4n) is 2.69. The third-order valence-electron chi connectivity index (χ3n) is 4.20. The summed E-state index contributed by atoms with van der Waals surface area (Å²) in [6.07, 6.45) is 0.184. The molecule has 0 aliphatic heterocycles. The van der Waals surface area contributed by atoms with Crippen molar-refractivity contribution in [2.24, 2.45) is 0 Å². The third-order valence-corrected chi connectivity index (χ3v) is 4.20. The SMILES string of the molecule is CCOc1ccc(N(CCC#N)C(=O)c2ccc(OCC(=O)NC)c(OC)c2)cc1. The normalized spacial score (nSPS) is 9.93. The first-order chi connectivity index (χ1) is 14.5. The molecule has 0 saturated carbocycles. The van der Waals surface area contributed by atoms with Crippen molar-refractivity contribution in [1.82, 2.24) is 5.32 Å². The number of hydrogen-bond donors (Lipinski definition) is 1. The predicted octanol–water partition coefficient (Wildman–Crippen LogP) is 2.78. The molecule has 30 heavy (non-hydrogen) atoms. The van der Waals surface area contributed by atoms with Crippen molar-refractivity contribution in [1.29, 1.82) is 5.26 Å². The van der Waals surface area contributed by atoms with E-state index < -0.39 is 0 Å². The van der Waals surface area contributed by atoms with Crippen molar-refractivity contribution in [2.75, 3.05) is 38.8 Å². The van der Waals surface area contributed by atoms with Crippen LogP contribution >= 0.6 is 0 Å². The average Bonchev–Trinajstić information content (AvgIpc) is 2.78. The molecule has 0 spiro atoms. The number of carbonyl (C=O) groups is 2. The number of anilines is 1. The zero-order valence-corrected chi connectivity index (χ0v) is 17.3. The average molecular weight is 411 g/mol. The molecular weight excluding hydrogens is 386 g/mol. The topological polar surface area (TPSA) is 101 Å². The van der Waals surface area contributed by atoms with E-state index >= 15 is 0 Å². The van der Waals surface area contributed by atoms with Gasteiger partial charge in [-0.15, -0.1) is 0 Å². The van der Waals surface area contributed by atoms with Gasteiger partial charge in [0.05, 0.1) is 26.2 Å². The Hall–Kier alpha value is -3.73. The van der Waals surface area contributed by atoms with E-state index in [1.165, 1.54) is 19.1 Å². The molecule has 2 aromatic carbocycles. The van der Waals surface area contributed by atoms with Crippen LogP contribution in [0.25, 0.3) is 0 Å². The number of ether oxygens (including phenoxy) is 3. The Morgan fingerprint density at radius 3 is 2.43 bits per heavy atom. The highest BCUT2D eigenvalue weighted by Crippen LogP contribution is 2.30. The van der Waals surface area contributed by atoms with Gasteiger partial charge in [0.15, 0.2) is 18.1 Å². The van der Waals surface area contributed by atoms with Crippen molar-refractivity contribution < 1.29 is 23.8 Å². The minimum Gasteiger partial charge on any atom is -0.494 e. The molecule has 158 valence electrons. The summed E-state index contributed by atoms with van der Waals surface area (Å²) in [5.41, 5.74) is 1.02. The monoisotopic (exact) mass is 411 g/mol. The Labute approximate surface area is 176 Å². The lowest BCUT2D eigenvalue weighted by molar-refractivity contribution is -0.122. The molecule has 0 aromatic heterocycles. The number of carbonyl (C=O) groups excluding carboxylic acids is 2. The van der Waals surface area contributed by atoms with Gasteiger partial charge in [0, 0.05) is 24.8 Å². The maximum absolute atomic E-state index is 13.2. The molecule has 8 heteroatoms. The van der Waals surface area contributed by atoms with E-state index in [1.807, 2.05) is 6.92 Å². The van der Waals surface area contributed by atoms with E-state index in [1.54, 1.807) is 42.5 Å². The van der Waals surface area contributed by atoms with Crippen LogP contribution in [-0.2, 0) is 4.79 Å². The molecule has 2 aromatic rings. The molecule has 0 heterocycles. The zero-order valence-electron chi connectivity index (χ0n) is 17.3. The fraction of sp³-hybridized carbons (Fsp3) is 0.318. The highest BCUT2D eigenvalue weighted by atomic mass is 16.5. The first-order valence-electron chi connectivity index (χ1n) is 9.47. The Morgan fingerprint density at radius 2 is 1.83 bits per heavy atom. The minimum atomic E-state index is -0.287. The van der Waals surface area contributed by atoms with Gasteiger partial charge in [-0.25, -0.2) is 0 Å². The predicted molar refractivity (Wildman–Crippen MR) is 112 cm³/mol. The molecule has 0 saturated heterocycles. The molecule has 1 N–H and O–H groups in total. The largest absolute Gasteiger partial charge is 0.494 e. The van der Waals surface area contributed by atoms with E-state index in [0.29, 0.717) is 35.1 Å². The number of nitrogens with zero attached hydrogens (tertiary/aromatic N) is 2. The molecule has 0 aliphatic carbocycles. The van der Waals surface area contributed by atoms with E-state index in [4.69, 9.17) is 19.5 Å². The van der Waals surface area contributed by atoms with Crippen LogP contribution < -0.4 is 24.4 Å². The number of rotatable bonds is 10. The second-order valence-electron chi connectivity index (χ2n) is 6.12. The Morgan fingerprint density at radius 1 is 1.10 bits per heavy atom. The van der Waals surface area contributed by atoms with Gasteiger partial charge in [-0.3, -0.25) is 9.59 Å². The molecular formula is C22H25N3O5. The summed E-state index contributed by atoms with van der Waals surface area (Å²) in [6.45, 7) is 2.51. The Bertz CT molecular complexity index is 906. The van der Waals surface area contributed by atoms with E-state index in [0.717, 1.165) is 0 Å². The van der Waals surface area contributed by atoms with Gasteiger partial charge in [-0.1, -0.05) is 0 Å². The summed E-state index contributed by atoms with van der Waals surface area (Å²) in [5, 5.41) is 11.5. The van der Waals surface area contributed by atoms with Gasteiger partial charge in [0.2, 0.25) is 0 Å². The number of hydrogen-bond acceptors (Lipinski definition) is 6. The molecule has 0 atom stereocenters. The summed E-state index contributed by atoms with van der Waals surface area (Å²) in [5.74, 6) is 0.813. The van der Waals surface area contributed by atoms with E-state index in [2.05, 4.69) is 11.4 Å². The van der Waals surface area contributed by atoms with E-state index in [-0.39, 0.29) is 31.4 Å². The summed E-state index contributed by atoms with van der Waals surface area (Å²) < 4.78 is 16.2. The van der Waals surface area contributed by atoms with Gasteiger partial charge in [-0.2, -0.15) is 5.26 Å². The molecule has 0 unspecified atom stereocenters.